The van der Waals surface area contributed by atoms with Gasteiger partial charge in [0.05, 0.1) is 6.61 Å². The minimum Gasteiger partial charge on any atom is -0.314 e. The lowest BCUT2D eigenvalue weighted by molar-refractivity contribution is -0.757. The molecule has 0 saturated heterocycles. The van der Waals surface area contributed by atoms with Gasteiger partial charge in [-0.2, -0.15) is 0 Å². The summed E-state index contributed by atoms with van der Waals surface area (Å²) in [4.78, 5) is 14.0. The van der Waals surface area contributed by atoms with E-state index in [9.17, 15) is 10.1 Å². The van der Waals surface area contributed by atoms with E-state index in [-0.39, 0.29) is 6.61 Å². The fraction of sp³-hybridized carbons (Fsp3) is 1.00. The van der Waals surface area contributed by atoms with E-state index in [1.807, 2.05) is 0 Å². The van der Waals surface area contributed by atoms with Crippen LogP contribution in [0.1, 0.15) is 52.4 Å². The van der Waals surface area contributed by atoms with E-state index < -0.39 is 5.09 Å². The molecule has 0 aliphatic heterocycles. The second kappa shape index (κ2) is 8.78. The number of rotatable bonds is 9. The van der Waals surface area contributed by atoms with Crippen LogP contribution in [0.4, 0.5) is 0 Å². The molecule has 0 fully saturated rings. The van der Waals surface area contributed by atoms with E-state index in [4.69, 9.17) is 0 Å². The highest BCUT2D eigenvalue weighted by molar-refractivity contribution is 4.47. The molecule has 4 heteroatoms. The fourth-order valence-electron chi connectivity index (χ4n) is 1.32. The molecule has 4 nitrogen and oxygen atoms in total. The van der Waals surface area contributed by atoms with Gasteiger partial charge in [0.1, 0.15) is 0 Å². The third-order valence-electron chi connectivity index (χ3n) is 2.12. The topological polar surface area (TPSA) is 52.4 Å². The summed E-state index contributed by atoms with van der Waals surface area (Å²) in [6.45, 7) is 4.70. The minimum atomic E-state index is -0.723. The molecular weight excluding hydrogens is 182 g/mol. The van der Waals surface area contributed by atoms with Crippen molar-refractivity contribution in [1.29, 1.82) is 0 Å². The van der Waals surface area contributed by atoms with Crippen molar-refractivity contribution in [1.82, 2.24) is 0 Å². The Morgan fingerprint density at radius 2 is 1.71 bits per heavy atom. The van der Waals surface area contributed by atoms with E-state index in [0.717, 1.165) is 25.2 Å². The lowest BCUT2D eigenvalue weighted by atomic mass is 10.0. The van der Waals surface area contributed by atoms with Crippen molar-refractivity contribution in [3.8, 4) is 0 Å². The average molecular weight is 203 g/mol. The zero-order valence-corrected chi connectivity index (χ0v) is 9.20. The summed E-state index contributed by atoms with van der Waals surface area (Å²) in [6, 6.07) is 0. The van der Waals surface area contributed by atoms with Gasteiger partial charge in [-0.3, -0.25) is 0 Å². The van der Waals surface area contributed by atoms with E-state index in [2.05, 4.69) is 18.7 Å². The summed E-state index contributed by atoms with van der Waals surface area (Å²) in [5, 5.41) is 9.07. The van der Waals surface area contributed by atoms with E-state index >= 15 is 0 Å². The summed E-state index contributed by atoms with van der Waals surface area (Å²) in [6.07, 6.45) is 6.78. The Morgan fingerprint density at radius 1 is 1.14 bits per heavy atom. The summed E-state index contributed by atoms with van der Waals surface area (Å²) in [7, 11) is 0. The number of hydrogen-bond donors (Lipinski definition) is 0. The van der Waals surface area contributed by atoms with Crippen LogP contribution in [0.25, 0.3) is 0 Å². The van der Waals surface area contributed by atoms with Gasteiger partial charge in [-0.15, -0.1) is 10.1 Å². The van der Waals surface area contributed by atoms with Gasteiger partial charge in [-0.25, -0.2) is 0 Å². The molecule has 0 radical (unpaired) electrons. The second-order valence-corrected chi connectivity index (χ2v) is 4.01. The van der Waals surface area contributed by atoms with Crippen molar-refractivity contribution in [2.45, 2.75) is 52.4 Å². The molecule has 0 bridgehead atoms. The zero-order valence-electron chi connectivity index (χ0n) is 9.20. The molecule has 0 spiro atoms. The van der Waals surface area contributed by atoms with Crippen LogP contribution in [-0.2, 0) is 4.84 Å². The van der Waals surface area contributed by atoms with E-state index in [1.54, 1.807) is 0 Å². The first-order valence-corrected chi connectivity index (χ1v) is 5.40. The Morgan fingerprint density at radius 3 is 2.29 bits per heavy atom. The molecule has 0 aromatic carbocycles. The maximum Gasteiger partial charge on any atom is 0.294 e. The molecule has 0 aromatic heterocycles. The van der Waals surface area contributed by atoms with Crippen LogP contribution in [-0.4, -0.2) is 11.7 Å². The standard InChI is InChI=1S/C10H21NO3/c1-10(2)8-6-4-3-5-7-9-14-11(12)13/h10H,3-9H2,1-2H3. The van der Waals surface area contributed by atoms with Gasteiger partial charge >= 0.3 is 0 Å². The molecule has 0 atom stereocenters. The summed E-state index contributed by atoms with van der Waals surface area (Å²) in [5.41, 5.74) is 0. The van der Waals surface area contributed by atoms with Crippen molar-refractivity contribution in [3.63, 3.8) is 0 Å². The lowest BCUT2D eigenvalue weighted by Crippen LogP contribution is -2.01. The van der Waals surface area contributed by atoms with E-state index in [1.165, 1.54) is 19.3 Å². The summed E-state index contributed by atoms with van der Waals surface area (Å²) in [5.74, 6) is 0.785. The predicted molar refractivity (Wildman–Crippen MR) is 55.5 cm³/mol. The molecule has 0 N–H and O–H groups in total. The SMILES string of the molecule is CC(C)CCCCCCCO[N+](=O)[O-]. The van der Waals surface area contributed by atoms with Crippen LogP contribution in [0.3, 0.4) is 0 Å². The van der Waals surface area contributed by atoms with Crippen LogP contribution in [0.2, 0.25) is 0 Å². The molecule has 0 aliphatic rings. The molecule has 0 heterocycles. The number of hydrogen-bond acceptors (Lipinski definition) is 3. The van der Waals surface area contributed by atoms with Crippen molar-refractivity contribution in [2.75, 3.05) is 6.61 Å². The maximum atomic E-state index is 9.79. The first-order chi connectivity index (χ1) is 6.63. The molecule has 14 heavy (non-hydrogen) atoms. The Balaban J connectivity index is 2.96. The highest BCUT2D eigenvalue weighted by Crippen LogP contribution is 2.10. The predicted octanol–water partition coefficient (Wildman–Crippen LogP) is 3.19. The molecule has 0 aromatic rings. The van der Waals surface area contributed by atoms with Crippen LogP contribution in [0.15, 0.2) is 0 Å². The average Bonchev–Trinajstić information content (AvgIpc) is 2.08. The monoisotopic (exact) mass is 203 g/mol. The number of nitrogens with zero attached hydrogens (tertiary/aromatic N) is 1. The van der Waals surface area contributed by atoms with Crippen LogP contribution in [0.5, 0.6) is 0 Å². The maximum absolute atomic E-state index is 9.79. The molecule has 0 saturated carbocycles. The highest BCUT2D eigenvalue weighted by atomic mass is 16.9. The second-order valence-electron chi connectivity index (χ2n) is 4.01. The fourth-order valence-corrected chi connectivity index (χ4v) is 1.32. The zero-order chi connectivity index (χ0) is 10.8. The quantitative estimate of drug-likeness (QED) is 0.328. The van der Waals surface area contributed by atoms with Crippen molar-refractivity contribution < 1.29 is 9.92 Å². The Labute approximate surface area is 85.7 Å². The highest BCUT2D eigenvalue weighted by Gasteiger charge is 1.96. The van der Waals surface area contributed by atoms with Crippen LogP contribution >= 0.6 is 0 Å². The van der Waals surface area contributed by atoms with Gasteiger partial charge in [0.25, 0.3) is 5.09 Å². The van der Waals surface area contributed by atoms with Gasteiger partial charge in [-0.05, 0) is 12.3 Å². The smallest absolute Gasteiger partial charge is 0.294 e. The molecule has 0 amide bonds. The molecule has 0 unspecified atom stereocenters. The molecule has 84 valence electrons. The molecule has 0 rings (SSSR count). The first-order valence-electron chi connectivity index (χ1n) is 5.40. The van der Waals surface area contributed by atoms with Gasteiger partial charge in [-0.1, -0.05) is 46.0 Å². The largest absolute Gasteiger partial charge is 0.314 e. The van der Waals surface area contributed by atoms with Crippen LogP contribution in [0, 0.1) is 16.0 Å². The lowest BCUT2D eigenvalue weighted by Gasteiger charge is -2.03. The summed E-state index contributed by atoms with van der Waals surface area (Å²) < 4.78 is 0. The van der Waals surface area contributed by atoms with Crippen LogP contribution < -0.4 is 0 Å². The van der Waals surface area contributed by atoms with Gasteiger partial charge in [0.2, 0.25) is 0 Å². The minimum absolute atomic E-state index is 0.247. The van der Waals surface area contributed by atoms with Gasteiger partial charge in [0.15, 0.2) is 0 Å². The summed E-state index contributed by atoms with van der Waals surface area (Å²) >= 11 is 0. The normalized spacial score (nSPS) is 10.5. The van der Waals surface area contributed by atoms with Gasteiger partial charge in [0, 0.05) is 0 Å². The molecule has 0 aliphatic carbocycles. The molecular formula is C10H21NO3. The van der Waals surface area contributed by atoms with Gasteiger partial charge < -0.3 is 4.84 Å². The Hall–Kier alpha value is -0.800. The third kappa shape index (κ3) is 11.2. The third-order valence-corrected chi connectivity index (χ3v) is 2.12. The van der Waals surface area contributed by atoms with Crippen molar-refractivity contribution in [3.05, 3.63) is 10.1 Å². The first kappa shape index (κ1) is 13.2. The van der Waals surface area contributed by atoms with Crippen molar-refractivity contribution >= 4 is 0 Å². The Kier molecular flexibility index (Phi) is 8.28. The Bertz CT molecular complexity index is 148. The van der Waals surface area contributed by atoms with Crippen molar-refractivity contribution in [2.24, 2.45) is 5.92 Å². The number of unbranched alkanes of at least 4 members (excludes halogenated alkanes) is 4. The van der Waals surface area contributed by atoms with E-state index in [0.29, 0.717) is 0 Å².